The van der Waals surface area contributed by atoms with Crippen molar-refractivity contribution in [1.82, 2.24) is 10.6 Å². The minimum atomic E-state index is 0. The lowest BCUT2D eigenvalue weighted by Crippen LogP contribution is -2.33. The maximum absolute atomic E-state index is 12.2. The number of carbonyl (C=O) groups is 1. The van der Waals surface area contributed by atoms with Crippen molar-refractivity contribution >= 4 is 30.1 Å². The van der Waals surface area contributed by atoms with Crippen LogP contribution in [-0.2, 0) is 11.3 Å². The second kappa shape index (κ2) is 10.2. The van der Waals surface area contributed by atoms with Gasteiger partial charge >= 0.3 is 0 Å². The molecule has 5 heteroatoms. The van der Waals surface area contributed by atoms with Gasteiger partial charge in [-0.2, -0.15) is 0 Å². The third kappa shape index (κ3) is 6.36. The average molecular weight is 357 g/mol. The largest absolute Gasteiger partial charge is 0.352 e. The van der Waals surface area contributed by atoms with E-state index in [1.807, 2.05) is 0 Å². The molecule has 3 nitrogen and oxygen atoms in total. The molecule has 2 rings (SSSR count). The lowest BCUT2D eigenvalue weighted by Gasteiger charge is -2.27. The summed E-state index contributed by atoms with van der Waals surface area (Å²) in [7, 11) is 0. The van der Waals surface area contributed by atoms with E-state index in [4.69, 9.17) is 0 Å². The molecule has 1 aromatic rings. The monoisotopic (exact) mass is 356 g/mol. The van der Waals surface area contributed by atoms with Crippen LogP contribution in [0, 0.1) is 18.8 Å². The highest BCUT2D eigenvalue weighted by Crippen LogP contribution is 2.25. The first-order valence-corrected chi connectivity index (χ1v) is 9.43. The van der Waals surface area contributed by atoms with E-state index in [0.29, 0.717) is 24.8 Å². The van der Waals surface area contributed by atoms with Gasteiger partial charge in [0, 0.05) is 17.9 Å². The summed E-state index contributed by atoms with van der Waals surface area (Å²) in [5, 5.41) is 6.48. The van der Waals surface area contributed by atoms with E-state index in [2.05, 4.69) is 48.9 Å². The quantitative estimate of drug-likeness (QED) is 0.762. The summed E-state index contributed by atoms with van der Waals surface area (Å²) in [5.41, 5.74) is 2.47. The highest BCUT2D eigenvalue weighted by atomic mass is 35.5. The molecule has 130 valence electrons. The molecule has 1 aliphatic heterocycles. The molecule has 1 amide bonds. The van der Waals surface area contributed by atoms with Crippen LogP contribution in [0.1, 0.15) is 37.3 Å². The van der Waals surface area contributed by atoms with E-state index in [9.17, 15) is 4.79 Å². The molecule has 0 saturated carbocycles. The summed E-state index contributed by atoms with van der Waals surface area (Å²) in [6, 6.07) is 6.42. The van der Waals surface area contributed by atoms with Gasteiger partial charge in [-0.15, -0.1) is 24.2 Å². The van der Waals surface area contributed by atoms with E-state index in [1.165, 1.54) is 28.9 Å². The summed E-state index contributed by atoms with van der Waals surface area (Å²) >= 11 is 1.74. The van der Waals surface area contributed by atoms with Gasteiger partial charge in [-0.25, -0.2) is 0 Å². The lowest BCUT2D eigenvalue weighted by atomic mass is 9.84. The van der Waals surface area contributed by atoms with Gasteiger partial charge in [0.2, 0.25) is 5.91 Å². The minimum Gasteiger partial charge on any atom is -0.352 e. The number of halogens is 1. The molecule has 1 aliphatic rings. The predicted molar refractivity (Wildman–Crippen MR) is 101 cm³/mol. The zero-order valence-electron chi connectivity index (χ0n) is 14.4. The van der Waals surface area contributed by atoms with E-state index in [1.54, 1.807) is 11.8 Å². The summed E-state index contributed by atoms with van der Waals surface area (Å²) < 4.78 is 0. The number of hydrogen-bond donors (Lipinski definition) is 2. The fraction of sp³-hybridized carbons (Fsp3) is 0.611. The smallest absolute Gasteiger partial charge is 0.220 e. The first kappa shape index (κ1) is 20.3. The first-order chi connectivity index (χ1) is 10.6. The van der Waals surface area contributed by atoms with Gasteiger partial charge in [-0.3, -0.25) is 4.79 Å². The van der Waals surface area contributed by atoms with Gasteiger partial charge < -0.3 is 10.6 Å². The lowest BCUT2D eigenvalue weighted by molar-refractivity contribution is -0.122. The fourth-order valence-corrected chi connectivity index (χ4v) is 3.84. The minimum absolute atomic E-state index is 0. The van der Waals surface area contributed by atoms with Gasteiger partial charge in [0.1, 0.15) is 0 Å². The van der Waals surface area contributed by atoms with Crippen LogP contribution in [0.5, 0.6) is 0 Å². The number of amides is 1. The van der Waals surface area contributed by atoms with Crippen molar-refractivity contribution in [2.24, 2.45) is 11.8 Å². The third-order valence-electron chi connectivity index (χ3n) is 4.61. The van der Waals surface area contributed by atoms with Crippen molar-refractivity contribution in [3.8, 4) is 0 Å². The Labute approximate surface area is 150 Å². The number of rotatable bonds is 6. The summed E-state index contributed by atoms with van der Waals surface area (Å²) in [6.45, 7) is 7.14. The third-order valence-corrected chi connectivity index (χ3v) is 5.43. The Morgan fingerprint density at radius 1 is 1.39 bits per heavy atom. The molecular weight excluding hydrogens is 328 g/mol. The van der Waals surface area contributed by atoms with E-state index in [-0.39, 0.29) is 18.3 Å². The van der Waals surface area contributed by atoms with Gasteiger partial charge in [0.05, 0.1) is 0 Å². The average Bonchev–Trinajstić information content (AvgIpc) is 2.54. The molecule has 0 aliphatic carbocycles. The zero-order chi connectivity index (χ0) is 15.9. The maximum atomic E-state index is 12.2. The van der Waals surface area contributed by atoms with E-state index in [0.717, 1.165) is 13.1 Å². The predicted octanol–water partition coefficient (Wildman–Crippen LogP) is 3.78. The second-order valence-electron chi connectivity index (χ2n) is 6.36. The molecule has 1 fully saturated rings. The number of thioether (sulfide) groups is 1. The number of nitrogens with one attached hydrogen (secondary N) is 2. The Balaban J connectivity index is 0.00000264. The molecule has 2 N–H and O–H groups in total. The van der Waals surface area contributed by atoms with Crippen molar-refractivity contribution in [2.75, 3.05) is 19.3 Å². The van der Waals surface area contributed by atoms with E-state index >= 15 is 0 Å². The molecular formula is C18H29ClN2OS. The molecule has 1 saturated heterocycles. The van der Waals surface area contributed by atoms with Crippen molar-refractivity contribution in [1.29, 1.82) is 0 Å². The topological polar surface area (TPSA) is 41.1 Å². The summed E-state index contributed by atoms with van der Waals surface area (Å²) in [6.07, 6.45) is 5.12. The molecule has 0 spiro atoms. The number of piperidine rings is 1. The van der Waals surface area contributed by atoms with Crippen molar-refractivity contribution in [2.45, 2.75) is 44.6 Å². The highest BCUT2D eigenvalue weighted by molar-refractivity contribution is 7.98. The van der Waals surface area contributed by atoms with Crippen LogP contribution in [0.2, 0.25) is 0 Å². The number of aryl methyl sites for hydroxylation is 1. The Hall–Kier alpha value is -0.710. The van der Waals surface area contributed by atoms with Gasteiger partial charge in [0.25, 0.3) is 0 Å². The van der Waals surface area contributed by atoms with Crippen LogP contribution in [0.15, 0.2) is 23.1 Å². The molecule has 1 unspecified atom stereocenters. The number of benzene rings is 1. The van der Waals surface area contributed by atoms with Crippen LogP contribution in [0.4, 0.5) is 0 Å². The molecule has 1 heterocycles. The van der Waals surface area contributed by atoms with Crippen molar-refractivity contribution in [3.05, 3.63) is 29.3 Å². The van der Waals surface area contributed by atoms with Crippen LogP contribution in [0.3, 0.4) is 0 Å². The van der Waals surface area contributed by atoms with Crippen molar-refractivity contribution in [3.63, 3.8) is 0 Å². The van der Waals surface area contributed by atoms with Crippen molar-refractivity contribution < 1.29 is 4.79 Å². The van der Waals surface area contributed by atoms with Gasteiger partial charge in [0.15, 0.2) is 0 Å². The molecule has 0 bridgehead atoms. The Morgan fingerprint density at radius 3 is 2.74 bits per heavy atom. The Kier molecular flexibility index (Phi) is 9.03. The van der Waals surface area contributed by atoms with Crippen LogP contribution in [0.25, 0.3) is 0 Å². The SMILES string of the molecule is CSc1cc(C)ccc1CNC(=O)CC(C)C1CCNCC1.Cl. The Bertz CT molecular complexity index is 504. The van der Waals surface area contributed by atoms with Crippen LogP contribution < -0.4 is 10.6 Å². The van der Waals surface area contributed by atoms with Crippen LogP contribution >= 0.6 is 24.2 Å². The normalized spacial score (nSPS) is 16.5. The van der Waals surface area contributed by atoms with Crippen LogP contribution in [-0.4, -0.2) is 25.3 Å². The van der Waals surface area contributed by atoms with Gasteiger partial charge in [-0.05, 0) is 68.1 Å². The standard InChI is InChI=1S/C18H28N2OS.ClH/c1-13-4-5-16(17(10-13)22-3)12-20-18(21)11-14(2)15-6-8-19-9-7-15;/h4-5,10,14-15,19H,6-9,11-12H2,1-3H3,(H,20,21);1H. The fourth-order valence-electron chi connectivity index (χ4n) is 3.14. The number of carbonyl (C=O) groups excluding carboxylic acids is 1. The molecule has 0 aromatic heterocycles. The van der Waals surface area contributed by atoms with Gasteiger partial charge in [-0.1, -0.05) is 19.1 Å². The maximum Gasteiger partial charge on any atom is 0.220 e. The first-order valence-electron chi connectivity index (χ1n) is 8.21. The summed E-state index contributed by atoms with van der Waals surface area (Å²) in [4.78, 5) is 13.5. The molecule has 0 radical (unpaired) electrons. The molecule has 23 heavy (non-hydrogen) atoms. The Morgan fingerprint density at radius 2 is 2.09 bits per heavy atom. The highest BCUT2D eigenvalue weighted by Gasteiger charge is 2.21. The second-order valence-corrected chi connectivity index (χ2v) is 7.21. The molecule has 1 aromatic carbocycles. The summed E-state index contributed by atoms with van der Waals surface area (Å²) in [5.74, 6) is 1.34. The van der Waals surface area contributed by atoms with E-state index < -0.39 is 0 Å². The molecule has 1 atom stereocenters. The number of hydrogen-bond acceptors (Lipinski definition) is 3. The zero-order valence-corrected chi connectivity index (χ0v) is 16.0.